The Morgan fingerprint density at radius 3 is 1.43 bits per heavy atom. The molecule has 0 saturated heterocycles. The summed E-state index contributed by atoms with van der Waals surface area (Å²) in [5, 5.41) is 0. The predicted molar refractivity (Wildman–Crippen MR) is 124 cm³/mol. The number of hydrogen-bond acceptors (Lipinski definition) is 3. The Labute approximate surface area is 177 Å². The first kappa shape index (κ1) is 28.1. The second-order valence-electron chi connectivity index (χ2n) is 8.52. The average molecular weight is 419 g/mol. The van der Waals surface area contributed by atoms with Gasteiger partial charge in [-0.2, -0.15) is 0 Å². The second-order valence-corrected chi connectivity index (χ2v) is 10.8. The van der Waals surface area contributed by atoms with Crippen LogP contribution in [0.15, 0.2) is 0 Å². The van der Waals surface area contributed by atoms with Crippen LogP contribution in [0, 0.1) is 11.8 Å². The highest BCUT2D eigenvalue weighted by atomic mass is 31.2. The van der Waals surface area contributed by atoms with Crippen LogP contribution in [-0.4, -0.2) is 18.9 Å². The Morgan fingerprint density at radius 2 is 1.07 bits per heavy atom. The maximum Gasteiger partial charge on any atom is 0.333 e. The molecule has 0 aromatic rings. The van der Waals surface area contributed by atoms with Gasteiger partial charge in [-0.25, -0.2) is 0 Å². The van der Waals surface area contributed by atoms with Gasteiger partial charge in [0.25, 0.3) is 0 Å². The van der Waals surface area contributed by atoms with E-state index >= 15 is 0 Å². The summed E-state index contributed by atoms with van der Waals surface area (Å²) < 4.78 is 26.3. The van der Waals surface area contributed by atoms with Gasteiger partial charge in [0.2, 0.25) is 0 Å². The normalized spacial score (nSPS) is 17.2. The van der Waals surface area contributed by atoms with E-state index in [4.69, 9.17) is 9.05 Å². The zero-order valence-corrected chi connectivity index (χ0v) is 20.9. The molecule has 3 atom stereocenters. The fourth-order valence-electron chi connectivity index (χ4n) is 3.68. The van der Waals surface area contributed by atoms with Crippen molar-refractivity contribution in [2.45, 2.75) is 131 Å². The fourth-order valence-corrected chi connectivity index (χ4v) is 5.96. The molecular weight excluding hydrogens is 367 g/mol. The van der Waals surface area contributed by atoms with E-state index in [1.54, 1.807) is 0 Å². The highest BCUT2D eigenvalue weighted by Crippen LogP contribution is 2.56. The van der Waals surface area contributed by atoms with Crippen molar-refractivity contribution in [1.29, 1.82) is 0 Å². The summed E-state index contributed by atoms with van der Waals surface area (Å²) >= 11 is 0. The maximum absolute atomic E-state index is 13.9. The molecule has 0 aliphatic heterocycles. The third kappa shape index (κ3) is 12.0. The van der Waals surface area contributed by atoms with Gasteiger partial charge in [-0.15, -0.1) is 0 Å². The molecule has 0 heterocycles. The standard InChI is InChI=1S/C24H51O3P/c1-7-13-16-19-24(12-6)28(25,26-20-22(10-4)17-14-8-2)27-21-23(11-5)18-15-9-3/h22-24H,7-21H2,1-6H3. The first-order chi connectivity index (χ1) is 13.5. The minimum atomic E-state index is -3.07. The van der Waals surface area contributed by atoms with Crippen molar-refractivity contribution in [3.8, 4) is 0 Å². The van der Waals surface area contributed by atoms with Crippen molar-refractivity contribution in [2.24, 2.45) is 11.8 Å². The van der Waals surface area contributed by atoms with E-state index in [0.717, 1.165) is 44.9 Å². The quantitative estimate of drug-likeness (QED) is 0.146. The molecule has 0 fully saturated rings. The number of rotatable bonds is 20. The molecule has 0 radical (unpaired) electrons. The monoisotopic (exact) mass is 418 g/mol. The molecule has 28 heavy (non-hydrogen) atoms. The molecule has 0 aliphatic carbocycles. The van der Waals surface area contributed by atoms with Gasteiger partial charge in [-0.1, -0.05) is 99.3 Å². The van der Waals surface area contributed by atoms with Crippen molar-refractivity contribution in [2.75, 3.05) is 13.2 Å². The van der Waals surface area contributed by atoms with Crippen molar-refractivity contribution >= 4 is 7.60 Å². The van der Waals surface area contributed by atoms with Gasteiger partial charge in [-0.3, -0.25) is 4.57 Å². The zero-order chi connectivity index (χ0) is 21.3. The second kappa shape index (κ2) is 18.0. The van der Waals surface area contributed by atoms with Gasteiger partial charge in [0.15, 0.2) is 0 Å². The Kier molecular flexibility index (Phi) is 18.1. The van der Waals surface area contributed by atoms with Gasteiger partial charge >= 0.3 is 7.60 Å². The molecule has 0 rings (SSSR count). The van der Waals surface area contributed by atoms with E-state index in [-0.39, 0.29) is 5.66 Å². The van der Waals surface area contributed by atoms with Crippen LogP contribution < -0.4 is 0 Å². The lowest BCUT2D eigenvalue weighted by atomic mass is 10.0. The van der Waals surface area contributed by atoms with Crippen LogP contribution in [0.25, 0.3) is 0 Å². The summed E-state index contributed by atoms with van der Waals surface area (Å²) in [6.45, 7) is 14.4. The zero-order valence-electron chi connectivity index (χ0n) is 20.0. The van der Waals surface area contributed by atoms with E-state index in [2.05, 4.69) is 41.5 Å². The van der Waals surface area contributed by atoms with Crippen LogP contribution in [0.5, 0.6) is 0 Å². The van der Waals surface area contributed by atoms with Crippen LogP contribution in [0.2, 0.25) is 0 Å². The van der Waals surface area contributed by atoms with Crippen LogP contribution >= 0.6 is 7.60 Å². The summed E-state index contributed by atoms with van der Waals surface area (Å²) in [5.74, 6) is 0.985. The van der Waals surface area contributed by atoms with E-state index in [0.29, 0.717) is 25.0 Å². The SMILES string of the molecule is CCCCCC(CC)P(=O)(OCC(CC)CCCC)OCC(CC)CCCC. The van der Waals surface area contributed by atoms with Crippen LogP contribution in [-0.2, 0) is 13.6 Å². The highest BCUT2D eigenvalue weighted by Gasteiger charge is 2.35. The third-order valence-corrected chi connectivity index (χ3v) is 8.66. The molecule has 0 aromatic heterocycles. The van der Waals surface area contributed by atoms with E-state index in [9.17, 15) is 4.57 Å². The van der Waals surface area contributed by atoms with Crippen LogP contribution in [0.1, 0.15) is 125 Å². The Bertz CT molecular complexity index is 362. The van der Waals surface area contributed by atoms with Crippen molar-refractivity contribution < 1.29 is 13.6 Å². The number of hydrogen-bond donors (Lipinski definition) is 0. The predicted octanol–water partition coefficient (Wildman–Crippen LogP) is 9.00. The fraction of sp³-hybridized carbons (Fsp3) is 1.00. The molecule has 4 heteroatoms. The molecule has 0 bridgehead atoms. The van der Waals surface area contributed by atoms with Crippen molar-refractivity contribution in [3.05, 3.63) is 0 Å². The molecule has 0 N–H and O–H groups in total. The largest absolute Gasteiger partial charge is 0.333 e. The smallest absolute Gasteiger partial charge is 0.308 e. The summed E-state index contributed by atoms with van der Waals surface area (Å²) in [6, 6.07) is 0. The molecule has 0 spiro atoms. The average Bonchev–Trinajstić information content (AvgIpc) is 2.71. The van der Waals surface area contributed by atoms with E-state index < -0.39 is 7.60 Å². The Balaban J connectivity index is 5.06. The number of unbranched alkanes of at least 4 members (excludes halogenated alkanes) is 4. The lowest BCUT2D eigenvalue weighted by Crippen LogP contribution is -2.19. The molecule has 170 valence electrons. The summed E-state index contributed by atoms with van der Waals surface area (Å²) in [6.07, 6.45) is 14.7. The Hall–Kier alpha value is 0.150. The van der Waals surface area contributed by atoms with Gasteiger partial charge in [-0.05, 0) is 37.5 Å². The van der Waals surface area contributed by atoms with Gasteiger partial charge in [0, 0.05) is 0 Å². The van der Waals surface area contributed by atoms with E-state index in [1.807, 2.05) is 0 Å². The van der Waals surface area contributed by atoms with Gasteiger partial charge in [0.05, 0.1) is 18.9 Å². The first-order valence-corrected chi connectivity index (χ1v) is 14.0. The highest BCUT2D eigenvalue weighted by molar-refractivity contribution is 7.54. The minimum Gasteiger partial charge on any atom is -0.308 e. The lowest BCUT2D eigenvalue weighted by molar-refractivity contribution is 0.144. The minimum absolute atomic E-state index is 0.0476. The molecule has 0 aromatic carbocycles. The summed E-state index contributed by atoms with van der Waals surface area (Å²) in [5.41, 5.74) is 0.0476. The lowest BCUT2D eigenvalue weighted by Gasteiger charge is -2.29. The summed E-state index contributed by atoms with van der Waals surface area (Å²) in [7, 11) is -3.07. The van der Waals surface area contributed by atoms with Crippen molar-refractivity contribution in [3.63, 3.8) is 0 Å². The molecule has 3 unspecified atom stereocenters. The molecule has 0 amide bonds. The molecule has 3 nitrogen and oxygen atoms in total. The van der Waals surface area contributed by atoms with Crippen LogP contribution in [0.4, 0.5) is 0 Å². The third-order valence-electron chi connectivity index (χ3n) is 6.13. The van der Waals surface area contributed by atoms with Gasteiger partial charge in [0.1, 0.15) is 0 Å². The molecule has 0 aliphatic rings. The molecular formula is C24H51O3P. The summed E-state index contributed by atoms with van der Waals surface area (Å²) in [4.78, 5) is 0. The van der Waals surface area contributed by atoms with Crippen LogP contribution in [0.3, 0.4) is 0 Å². The first-order valence-electron chi connectivity index (χ1n) is 12.4. The van der Waals surface area contributed by atoms with E-state index in [1.165, 1.54) is 38.5 Å². The van der Waals surface area contributed by atoms with Gasteiger partial charge < -0.3 is 9.05 Å². The molecule has 0 saturated carbocycles. The van der Waals surface area contributed by atoms with Crippen molar-refractivity contribution in [1.82, 2.24) is 0 Å². The Morgan fingerprint density at radius 1 is 0.607 bits per heavy atom. The maximum atomic E-state index is 13.9. The topological polar surface area (TPSA) is 35.5 Å².